The topological polar surface area (TPSA) is 65.7 Å². The number of methoxy groups -OCH3 is 1. The van der Waals surface area contributed by atoms with Crippen LogP contribution in [0.3, 0.4) is 0 Å². The maximum absolute atomic E-state index is 12.6. The summed E-state index contributed by atoms with van der Waals surface area (Å²) in [7, 11) is 1.30. The van der Waals surface area contributed by atoms with E-state index in [9.17, 15) is 9.59 Å². The number of fused-ring (bicyclic) bond motifs is 2. The van der Waals surface area contributed by atoms with Crippen molar-refractivity contribution in [3.05, 3.63) is 52.2 Å². The van der Waals surface area contributed by atoms with E-state index in [1.54, 1.807) is 30.3 Å². The summed E-state index contributed by atoms with van der Waals surface area (Å²) in [5.74, 6) is 0.143. The quantitative estimate of drug-likeness (QED) is 0.549. The predicted octanol–water partition coefficient (Wildman–Crippen LogP) is 3.13. The summed E-state index contributed by atoms with van der Waals surface area (Å²) in [5.41, 5.74) is 0.977. The predicted molar refractivity (Wildman–Crippen MR) is 82.5 cm³/mol. The summed E-state index contributed by atoms with van der Waals surface area (Å²) >= 11 is 0. The molecule has 2 aromatic carbocycles. The van der Waals surface area contributed by atoms with Gasteiger partial charge in [-0.05, 0) is 43.3 Å². The van der Waals surface area contributed by atoms with Crippen LogP contribution in [-0.4, -0.2) is 19.7 Å². The van der Waals surface area contributed by atoms with Crippen LogP contribution < -0.4 is 10.2 Å². The zero-order valence-corrected chi connectivity index (χ0v) is 12.2. The zero-order valence-electron chi connectivity index (χ0n) is 12.2. The first kappa shape index (κ1) is 14.1. The molecule has 3 rings (SSSR count). The first-order valence-corrected chi connectivity index (χ1v) is 6.85. The zero-order chi connectivity index (χ0) is 15.7. The van der Waals surface area contributed by atoms with Gasteiger partial charge in [0.25, 0.3) is 0 Å². The number of hydrogen-bond acceptors (Lipinski definition) is 5. The molecule has 0 saturated heterocycles. The maximum atomic E-state index is 12.6. The van der Waals surface area contributed by atoms with Gasteiger partial charge in [0.1, 0.15) is 16.9 Å². The highest BCUT2D eigenvalue weighted by molar-refractivity contribution is 5.96. The van der Waals surface area contributed by atoms with E-state index in [1.807, 2.05) is 6.92 Å². The van der Waals surface area contributed by atoms with Gasteiger partial charge in [0.2, 0.25) is 5.43 Å². The number of carbonyl (C=O) groups is 1. The second-order valence-electron chi connectivity index (χ2n) is 4.72. The molecule has 5 nitrogen and oxygen atoms in total. The monoisotopic (exact) mass is 298 g/mol. The van der Waals surface area contributed by atoms with Gasteiger partial charge in [0.05, 0.1) is 30.1 Å². The summed E-state index contributed by atoms with van der Waals surface area (Å²) in [5, 5.41) is 0.859. The van der Waals surface area contributed by atoms with Crippen LogP contribution in [0.5, 0.6) is 5.75 Å². The van der Waals surface area contributed by atoms with E-state index in [1.165, 1.54) is 13.2 Å². The molecule has 0 amide bonds. The lowest BCUT2D eigenvalue weighted by Crippen LogP contribution is -2.05. The van der Waals surface area contributed by atoms with Crippen molar-refractivity contribution in [2.24, 2.45) is 0 Å². The lowest BCUT2D eigenvalue weighted by atomic mass is 10.1. The Hall–Kier alpha value is -2.82. The molecule has 112 valence electrons. The van der Waals surface area contributed by atoms with Crippen molar-refractivity contribution >= 4 is 27.9 Å². The van der Waals surface area contributed by atoms with E-state index >= 15 is 0 Å². The molecule has 0 radical (unpaired) electrons. The van der Waals surface area contributed by atoms with Crippen molar-refractivity contribution in [2.75, 3.05) is 13.7 Å². The van der Waals surface area contributed by atoms with Crippen LogP contribution in [0, 0.1) is 0 Å². The lowest BCUT2D eigenvalue weighted by molar-refractivity contribution is 0.0601. The van der Waals surface area contributed by atoms with Gasteiger partial charge in [0.15, 0.2) is 0 Å². The fourth-order valence-electron chi connectivity index (χ4n) is 2.33. The highest BCUT2D eigenvalue weighted by Gasteiger charge is 2.12. The van der Waals surface area contributed by atoms with Gasteiger partial charge in [-0.2, -0.15) is 0 Å². The number of esters is 1. The lowest BCUT2D eigenvalue weighted by Gasteiger charge is -2.06. The fraction of sp³-hybridized carbons (Fsp3) is 0.176. The van der Waals surface area contributed by atoms with Crippen LogP contribution in [0.4, 0.5) is 0 Å². The van der Waals surface area contributed by atoms with Crippen LogP contribution in [0.15, 0.2) is 45.6 Å². The highest BCUT2D eigenvalue weighted by Crippen LogP contribution is 2.23. The summed E-state index contributed by atoms with van der Waals surface area (Å²) in [6.07, 6.45) is 0. The Morgan fingerprint density at radius 3 is 2.64 bits per heavy atom. The van der Waals surface area contributed by atoms with Gasteiger partial charge in [-0.15, -0.1) is 0 Å². The molecular formula is C17H14O5. The summed E-state index contributed by atoms with van der Waals surface area (Å²) in [6, 6.07) is 9.72. The van der Waals surface area contributed by atoms with Crippen molar-refractivity contribution in [3.63, 3.8) is 0 Å². The molecule has 0 fully saturated rings. The molecule has 0 spiro atoms. The van der Waals surface area contributed by atoms with Crippen LogP contribution in [0.25, 0.3) is 21.9 Å². The summed E-state index contributed by atoms with van der Waals surface area (Å²) in [6.45, 7) is 2.40. The minimum absolute atomic E-state index is 0.158. The Bertz CT molecular complexity index is 923. The van der Waals surface area contributed by atoms with E-state index < -0.39 is 5.97 Å². The van der Waals surface area contributed by atoms with Gasteiger partial charge >= 0.3 is 5.97 Å². The molecule has 0 atom stereocenters. The minimum atomic E-state index is -0.476. The molecule has 0 saturated carbocycles. The van der Waals surface area contributed by atoms with Gasteiger partial charge in [0, 0.05) is 0 Å². The molecule has 3 aromatic rings. The third-order valence-corrected chi connectivity index (χ3v) is 3.37. The second-order valence-corrected chi connectivity index (χ2v) is 4.72. The normalized spacial score (nSPS) is 10.8. The number of carbonyl (C=O) groups excluding carboxylic acids is 1. The standard InChI is InChI=1S/C17H14O5/c1-3-21-11-5-7-14-13(9-11)16(18)12-6-4-10(17(19)20-2)8-15(12)22-14/h4-9H,3H2,1-2H3. The molecule has 0 aliphatic rings. The summed E-state index contributed by atoms with van der Waals surface area (Å²) < 4.78 is 15.8. The molecule has 0 aliphatic carbocycles. The van der Waals surface area contributed by atoms with E-state index in [0.29, 0.717) is 39.9 Å². The Morgan fingerprint density at radius 2 is 1.91 bits per heavy atom. The molecule has 0 bridgehead atoms. The smallest absolute Gasteiger partial charge is 0.337 e. The van der Waals surface area contributed by atoms with Crippen molar-refractivity contribution in [3.8, 4) is 5.75 Å². The van der Waals surface area contributed by atoms with Crippen LogP contribution in [0.1, 0.15) is 17.3 Å². The van der Waals surface area contributed by atoms with E-state index in [4.69, 9.17) is 9.15 Å². The Balaban J connectivity index is 2.26. The third-order valence-electron chi connectivity index (χ3n) is 3.37. The van der Waals surface area contributed by atoms with Gasteiger partial charge < -0.3 is 13.9 Å². The average molecular weight is 298 g/mol. The van der Waals surface area contributed by atoms with Crippen molar-refractivity contribution in [1.82, 2.24) is 0 Å². The van der Waals surface area contributed by atoms with Crippen LogP contribution in [-0.2, 0) is 4.74 Å². The Kier molecular flexibility index (Phi) is 3.55. The van der Waals surface area contributed by atoms with Crippen molar-refractivity contribution in [2.45, 2.75) is 6.92 Å². The third kappa shape index (κ3) is 2.30. The van der Waals surface area contributed by atoms with E-state index in [2.05, 4.69) is 4.74 Å². The molecule has 22 heavy (non-hydrogen) atoms. The van der Waals surface area contributed by atoms with Gasteiger partial charge in [-0.3, -0.25) is 4.79 Å². The van der Waals surface area contributed by atoms with Crippen LogP contribution >= 0.6 is 0 Å². The molecule has 5 heteroatoms. The van der Waals surface area contributed by atoms with Gasteiger partial charge in [-0.25, -0.2) is 4.79 Å². The number of rotatable bonds is 3. The number of benzene rings is 2. The summed E-state index contributed by atoms with van der Waals surface area (Å²) in [4.78, 5) is 24.1. The Morgan fingerprint density at radius 1 is 1.09 bits per heavy atom. The van der Waals surface area contributed by atoms with Crippen molar-refractivity contribution < 1.29 is 18.7 Å². The first-order valence-electron chi connectivity index (χ1n) is 6.85. The number of hydrogen-bond donors (Lipinski definition) is 0. The molecular weight excluding hydrogens is 284 g/mol. The van der Waals surface area contributed by atoms with E-state index in [0.717, 1.165) is 0 Å². The molecule has 0 N–H and O–H groups in total. The molecule has 0 unspecified atom stereocenters. The molecule has 0 aliphatic heterocycles. The first-order chi connectivity index (χ1) is 10.6. The molecule has 1 heterocycles. The minimum Gasteiger partial charge on any atom is -0.494 e. The fourth-order valence-corrected chi connectivity index (χ4v) is 2.33. The SMILES string of the molecule is CCOc1ccc2oc3cc(C(=O)OC)ccc3c(=O)c2c1. The Labute approximate surface area is 126 Å². The van der Waals surface area contributed by atoms with Crippen LogP contribution in [0.2, 0.25) is 0 Å². The van der Waals surface area contributed by atoms with E-state index in [-0.39, 0.29) is 5.43 Å². The van der Waals surface area contributed by atoms with Gasteiger partial charge in [-0.1, -0.05) is 0 Å². The number of ether oxygens (including phenoxy) is 2. The highest BCUT2D eigenvalue weighted by atomic mass is 16.5. The maximum Gasteiger partial charge on any atom is 0.337 e. The molecule has 1 aromatic heterocycles. The largest absolute Gasteiger partial charge is 0.494 e. The average Bonchev–Trinajstić information content (AvgIpc) is 2.54. The van der Waals surface area contributed by atoms with Crippen molar-refractivity contribution in [1.29, 1.82) is 0 Å². The second kappa shape index (κ2) is 5.52.